The third kappa shape index (κ3) is 60.3. The van der Waals surface area contributed by atoms with Crippen molar-refractivity contribution in [2.45, 2.75) is 335 Å². The average Bonchev–Trinajstić information content (AvgIpc) is 3.42. The molecule has 2 N–H and O–H groups in total. The van der Waals surface area contributed by atoms with E-state index in [4.69, 9.17) is 13.8 Å². The number of likely N-dealkylation sites (N-methyl/N-ethyl adjacent to an activating group) is 1. The number of carbonyl (C=O) groups excluding carboxylic acids is 2. The molecule has 3 unspecified atom stereocenters. The highest BCUT2D eigenvalue weighted by molar-refractivity contribution is 7.47. The number of phosphoric acid groups is 1. The van der Waals surface area contributed by atoms with Crippen molar-refractivity contribution < 1.29 is 37.3 Å². The van der Waals surface area contributed by atoms with Gasteiger partial charge in [-0.3, -0.25) is 18.6 Å². The maximum absolute atomic E-state index is 13.6. The van der Waals surface area contributed by atoms with Crippen molar-refractivity contribution in [3.63, 3.8) is 0 Å². The summed E-state index contributed by atoms with van der Waals surface area (Å²) in [4.78, 5) is 37.8. The van der Waals surface area contributed by atoms with Crippen molar-refractivity contribution in [3.05, 3.63) is 60.8 Å². The number of hydrogen-bond acceptors (Lipinski definition) is 6. The fourth-order valence-corrected chi connectivity index (χ4v) is 10.6. The summed E-state index contributed by atoms with van der Waals surface area (Å²) < 4.78 is 30.8. The lowest BCUT2D eigenvalue weighted by molar-refractivity contribution is -0.870. The van der Waals surface area contributed by atoms with E-state index in [9.17, 15) is 19.0 Å². The summed E-state index contributed by atoms with van der Waals surface area (Å²) in [5.74, 6) is -0.504. The number of rotatable bonds is 62. The number of allylic oxidation sites excluding steroid dienone is 9. The number of carbonyl (C=O) groups is 2. The first-order valence-electron chi connectivity index (χ1n) is 34.1. The van der Waals surface area contributed by atoms with E-state index in [-0.39, 0.29) is 31.5 Å². The van der Waals surface area contributed by atoms with Gasteiger partial charge >= 0.3 is 13.8 Å². The number of nitrogens with zero attached hydrogens (tertiary/aromatic N) is 1. The number of unbranched alkanes of at least 4 members (excludes halogenated alkanes) is 38. The van der Waals surface area contributed by atoms with Crippen molar-refractivity contribution in [1.29, 1.82) is 0 Å². The maximum atomic E-state index is 13.6. The molecular weight excluding hydrogens is 1010 g/mol. The minimum Gasteiger partial charge on any atom is -0.456 e. The zero-order valence-electron chi connectivity index (χ0n) is 53.6. The number of quaternary nitrogens is 1. The van der Waals surface area contributed by atoms with Gasteiger partial charge in [0.1, 0.15) is 19.3 Å². The molecular formula is C70H132N2O7P+. The molecule has 0 aromatic heterocycles. The highest BCUT2D eigenvalue weighted by Gasteiger charge is 2.30. The van der Waals surface area contributed by atoms with Gasteiger partial charge in [0.05, 0.1) is 33.8 Å². The number of phosphoric ester groups is 1. The van der Waals surface area contributed by atoms with Crippen molar-refractivity contribution in [1.82, 2.24) is 5.32 Å². The van der Waals surface area contributed by atoms with E-state index in [1.165, 1.54) is 205 Å². The van der Waals surface area contributed by atoms with Gasteiger partial charge in [0.2, 0.25) is 5.91 Å². The Labute approximate surface area is 496 Å². The summed E-state index contributed by atoms with van der Waals surface area (Å²) >= 11 is 0. The van der Waals surface area contributed by atoms with Crippen molar-refractivity contribution in [2.75, 3.05) is 40.9 Å². The molecule has 0 aromatic carbocycles. The number of amides is 1. The SMILES string of the molecule is CCCCC/C=C\C/C=C\CCCCCCCCCCCCCCCCCC(=O)NC(COP(=O)(O)OCC[N+](C)(C)C)C(/C=C\CCCCCCCCCCCC)OC(=O)CCCCCCCCC/C=C\C/C=C\CCCCC. The summed E-state index contributed by atoms with van der Waals surface area (Å²) in [6.07, 6.45) is 76.5. The molecule has 0 rings (SSSR count). The molecule has 0 heterocycles. The predicted molar refractivity (Wildman–Crippen MR) is 346 cm³/mol. The van der Waals surface area contributed by atoms with Gasteiger partial charge in [-0.15, -0.1) is 0 Å². The molecule has 0 fully saturated rings. The largest absolute Gasteiger partial charge is 0.472 e. The fraction of sp³-hybridized carbons (Fsp3) is 0.829. The van der Waals surface area contributed by atoms with Crippen LogP contribution < -0.4 is 5.32 Å². The minimum atomic E-state index is -4.45. The lowest BCUT2D eigenvalue weighted by Gasteiger charge is -2.27. The molecule has 1 amide bonds. The number of hydrogen-bond donors (Lipinski definition) is 2. The van der Waals surface area contributed by atoms with Crippen molar-refractivity contribution in [2.24, 2.45) is 0 Å². The van der Waals surface area contributed by atoms with E-state index < -0.39 is 20.0 Å². The number of nitrogens with one attached hydrogen (secondary N) is 1. The number of ether oxygens (including phenoxy) is 1. The topological polar surface area (TPSA) is 111 Å². The van der Waals surface area contributed by atoms with Crippen LogP contribution in [-0.4, -0.2) is 74.3 Å². The maximum Gasteiger partial charge on any atom is 0.472 e. The van der Waals surface area contributed by atoms with Crippen LogP contribution in [0.1, 0.15) is 323 Å². The average molecular weight is 1140 g/mol. The second-order valence-corrected chi connectivity index (χ2v) is 25.8. The first-order valence-corrected chi connectivity index (χ1v) is 35.6. The van der Waals surface area contributed by atoms with Crippen LogP contribution in [0.25, 0.3) is 0 Å². The fourth-order valence-electron chi connectivity index (χ4n) is 9.88. The molecule has 0 radical (unpaired) electrons. The quantitative estimate of drug-likeness (QED) is 0.0205. The van der Waals surface area contributed by atoms with E-state index in [0.717, 1.165) is 83.5 Å². The van der Waals surface area contributed by atoms with Crippen LogP contribution in [-0.2, 0) is 27.9 Å². The van der Waals surface area contributed by atoms with Crippen molar-refractivity contribution >= 4 is 19.7 Å². The third-order valence-corrected chi connectivity index (χ3v) is 16.2. The Kier molecular flexibility index (Phi) is 58.1. The molecule has 80 heavy (non-hydrogen) atoms. The Morgan fingerprint density at radius 2 is 0.762 bits per heavy atom. The summed E-state index contributed by atoms with van der Waals surface area (Å²) in [5, 5.41) is 3.07. The molecule has 0 saturated heterocycles. The Hall–Kier alpha value is -2.29. The monoisotopic (exact) mass is 1140 g/mol. The second kappa shape index (κ2) is 59.9. The molecule has 3 atom stereocenters. The van der Waals surface area contributed by atoms with Crippen LogP contribution in [0.4, 0.5) is 0 Å². The van der Waals surface area contributed by atoms with Crippen LogP contribution in [0, 0.1) is 0 Å². The zero-order valence-corrected chi connectivity index (χ0v) is 54.5. The molecule has 0 bridgehead atoms. The van der Waals surface area contributed by atoms with Gasteiger partial charge in [-0.25, -0.2) is 4.57 Å². The minimum absolute atomic E-state index is 0.0389. The Morgan fingerprint density at radius 3 is 1.15 bits per heavy atom. The van der Waals surface area contributed by atoms with E-state index in [0.29, 0.717) is 17.4 Å². The summed E-state index contributed by atoms with van der Waals surface area (Å²) in [7, 11) is 1.50. The summed E-state index contributed by atoms with van der Waals surface area (Å²) in [6.45, 7) is 6.99. The van der Waals surface area contributed by atoms with Gasteiger partial charge < -0.3 is 19.4 Å². The Bertz CT molecular complexity index is 1550. The molecule has 0 saturated carbocycles. The molecule has 468 valence electrons. The number of esters is 1. The van der Waals surface area contributed by atoms with Crippen LogP contribution >= 0.6 is 7.82 Å². The normalized spacial score (nSPS) is 13.9. The van der Waals surface area contributed by atoms with Gasteiger partial charge in [-0.05, 0) is 96.0 Å². The zero-order chi connectivity index (χ0) is 58.6. The van der Waals surface area contributed by atoms with E-state index in [1.807, 2.05) is 33.3 Å². The summed E-state index contributed by atoms with van der Waals surface area (Å²) in [5.41, 5.74) is 0. The highest BCUT2D eigenvalue weighted by atomic mass is 31.2. The smallest absolute Gasteiger partial charge is 0.456 e. The first kappa shape index (κ1) is 77.7. The lowest BCUT2D eigenvalue weighted by Crippen LogP contribution is -2.47. The highest BCUT2D eigenvalue weighted by Crippen LogP contribution is 2.43. The van der Waals surface area contributed by atoms with Gasteiger partial charge in [0.15, 0.2) is 0 Å². The van der Waals surface area contributed by atoms with Gasteiger partial charge in [0, 0.05) is 12.8 Å². The molecule has 0 aliphatic rings. The van der Waals surface area contributed by atoms with E-state index >= 15 is 0 Å². The first-order chi connectivity index (χ1) is 38.9. The molecule has 0 aromatic rings. The second-order valence-electron chi connectivity index (χ2n) is 24.3. The molecule has 0 aliphatic heterocycles. The third-order valence-electron chi connectivity index (χ3n) is 15.2. The molecule has 0 spiro atoms. The van der Waals surface area contributed by atoms with E-state index in [2.05, 4.69) is 74.7 Å². The Morgan fingerprint density at radius 1 is 0.438 bits per heavy atom. The standard InChI is InChI=1S/C70H131N2O7P/c1-7-10-13-16-19-22-25-28-30-32-33-34-35-36-37-38-39-41-42-44-47-50-53-56-59-62-69(73)71-67(66-78-80(75,76)77-65-64-72(4,5)6)68(61-58-55-52-49-46-27-24-21-18-15-12-9-3)79-70(74)63-60-57-54-51-48-45-43-40-31-29-26-23-20-17-14-11-8-2/h19-20,22-23,28-31,58,61,67-68H,7-18,21,24-27,32-57,59-60,62-66H2,1-6H3,(H-,71,73,75,76)/p+1/b22-19-,23-20-,30-28-,31-29-,61-58-. The van der Waals surface area contributed by atoms with Crippen LogP contribution in [0.3, 0.4) is 0 Å². The van der Waals surface area contributed by atoms with Gasteiger partial charge in [-0.1, -0.05) is 275 Å². The van der Waals surface area contributed by atoms with Crippen molar-refractivity contribution in [3.8, 4) is 0 Å². The van der Waals surface area contributed by atoms with Crippen LogP contribution in [0.15, 0.2) is 60.8 Å². The predicted octanol–water partition coefficient (Wildman–Crippen LogP) is 21.4. The molecule has 9 nitrogen and oxygen atoms in total. The van der Waals surface area contributed by atoms with Gasteiger partial charge in [-0.2, -0.15) is 0 Å². The van der Waals surface area contributed by atoms with Gasteiger partial charge in [0.25, 0.3) is 0 Å². The van der Waals surface area contributed by atoms with E-state index in [1.54, 1.807) is 0 Å². The van der Waals surface area contributed by atoms with Crippen LogP contribution in [0.5, 0.6) is 0 Å². The lowest BCUT2D eigenvalue weighted by atomic mass is 10.0. The molecule has 0 aliphatic carbocycles. The summed E-state index contributed by atoms with van der Waals surface area (Å²) in [6, 6.07) is -0.852. The van der Waals surface area contributed by atoms with Crippen LogP contribution in [0.2, 0.25) is 0 Å². The molecule has 10 heteroatoms. The Balaban J connectivity index is 5.08.